The number of carbonyl (C=O) groups is 2. The number of benzene rings is 2. The molecule has 0 saturated heterocycles. The largest absolute Gasteiger partial charge is 0.497 e. The molecule has 0 aliphatic heterocycles. The molecule has 29 heavy (non-hydrogen) atoms. The highest BCUT2D eigenvalue weighted by molar-refractivity contribution is 5.92. The molecule has 0 saturated carbocycles. The van der Waals surface area contributed by atoms with Gasteiger partial charge >= 0.3 is 0 Å². The molecule has 2 N–H and O–H groups in total. The van der Waals surface area contributed by atoms with Crippen LogP contribution in [0.5, 0.6) is 5.75 Å². The first-order chi connectivity index (χ1) is 13.9. The molecule has 0 radical (unpaired) electrons. The maximum atomic E-state index is 12.5. The van der Waals surface area contributed by atoms with Gasteiger partial charge < -0.3 is 15.4 Å². The summed E-state index contributed by atoms with van der Waals surface area (Å²) in [6, 6.07) is 17.1. The number of nitrogens with zero attached hydrogens (tertiary/aromatic N) is 1. The lowest BCUT2D eigenvalue weighted by Gasteiger charge is -2.23. The van der Waals surface area contributed by atoms with Crippen molar-refractivity contribution in [1.29, 1.82) is 0 Å². The van der Waals surface area contributed by atoms with Crippen molar-refractivity contribution >= 4 is 17.5 Å². The zero-order chi connectivity index (χ0) is 21.2. The third-order valence-corrected chi connectivity index (χ3v) is 4.45. The standard InChI is InChI=1S/C23H31N3O3/c1-17(2)14-21(18-8-6-5-7-9-18)25-23(28)16-26(3)15-22(27)24-19-10-12-20(29-4)13-11-19/h5-13,17,21H,14-16H2,1-4H3,(H,24,27)(H,25,28)/t21-/m0/s1. The second kappa shape index (κ2) is 11.2. The first-order valence-electron chi connectivity index (χ1n) is 9.84. The second-order valence-corrected chi connectivity index (χ2v) is 7.61. The van der Waals surface area contributed by atoms with Gasteiger partial charge in [-0.3, -0.25) is 14.5 Å². The average Bonchev–Trinajstić information content (AvgIpc) is 2.68. The van der Waals surface area contributed by atoms with Gasteiger partial charge in [-0.25, -0.2) is 0 Å². The molecular weight excluding hydrogens is 366 g/mol. The molecule has 1 atom stereocenters. The molecule has 2 amide bonds. The van der Waals surface area contributed by atoms with Crippen molar-refractivity contribution in [2.24, 2.45) is 5.92 Å². The van der Waals surface area contributed by atoms with Gasteiger partial charge in [0, 0.05) is 5.69 Å². The average molecular weight is 398 g/mol. The van der Waals surface area contributed by atoms with Crippen LogP contribution >= 0.6 is 0 Å². The molecule has 2 rings (SSSR count). The summed E-state index contributed by atoms with van der Waals surface area (Å²) in [6.45, 7) is 4.55. The van der Waals surface area contributed by atoms with Crippen LogP contribution in [0.25, 0.3) is 0 Å². The number of rotatable bonds is 10. The third-order valence-electron chi connectivity index (χ3n) is 4.45. The topological polar surface area (TPSA) is 70.7 Å². The minimum Gasteiger partial charge on any atom is -0.497 e. The Balaban J connectivity index is 1.85. The Labute approximate surface area is 173 Å². The highest BCUT2D eigenvalue weighted by Crippen LogP contribution is 2.21. The van der Waals surface area contributed by atoms with Crippen molar-refractivity contribution in [2.45, 2.75) is 26.3 Å². The third kappa shape index (κ3) is 7.95. The number of likely N-dealkylation sites (N-methyl/N-ethyl adjacent to an activating group) is 1. The summed E-state index contributed by atoms with van der Waals surface area (Å²) >= 11 is 0. The number of ether oxygens (including phenoxy) is 1. The maximum absolute atomic E-state index is 12.5. The lowest BCUT2D eigenvalue weighted by Crippen LogP contribution is -2.40. The highest BCUT2D eigenvalue weighted by Gasteiger charge is 2.18. The van der Waals surface area contributed by atoms with Gasteiger partial charge in [0.15, 0.2) is 0 Å². The fourth-order valence-corrected chi connectivity index (χ4v) is 3.10. The summed E-state index contributed by atoms with van der Waals surface area (Å²) in [7, 11) is 3.35. The number of nitrogens with one attached hydrogen (secondary N) is 2. The van der Waals surface area contributed by atoms with Crippen LogP contribution in [0.4, 0.5) is 5.69 Å². The van der Waals surface area contributed by atoms with Crippen molar-refractivity contribution in [3.05, 3.63) is 60.2 Å². The van der Waals surface area contributed by atoms with Crippen LogP contribution in [0, 0.1) is 5.92 Å². The van der Waals surface area contributed by atoms with Crippen LogP contribution < -0.4 is 15.4 Å². The van der Waals surface area contributed by atoms with Crippen molar-refractivity contribution in [1.82, 2.24) is 10.2 Å². The molecule has 6 heteroatoms. The van der Waals surface area contributed by atoms with E-state index in [1.165, 1.54) is 0 Å². The smallest absolute Gasteiger partial charge is 0.238 e. The number of hydrogen-bond donors (Lipinski definition) is 2. The summed E-state index contributed by atoms with van der Waals surface area (Å²) in [5, 5.41) is 5.93. The molecule has 0 aliphatic rings. The Bertz CT molecular complexity index is 776. The minimum absolute atomic E-state index is 0.0368. The lowest BCUT2D eigenvalue weighted by molar-refractivity contribution is -0.123. The molecule has 6 nitrogen and oxygen atoms in total. The van der Waals surface area contributed by atoms with Crippen molar-refractivity contribution < 1.29 is 14.3 Å². The summed E-state index contributed by atoms with van der Waals surface area (Å²) in [6.07, 6.45) is 0.859. The van der Waals surface area contributed by atoms with E-state index in [2.05, 4.69) is 24.5 Å². The van der Waals surface area contributed by atoms with E-state index in [0.717, 1.165) is 17.7 Å². The van der Waals surface area contributed by atoms with E-state index in [0.29, 0.717) is 11.6 Å². The maximum Gasteiger partial charge on any atom is 0.238 e. The highest BCUT2D eigenvalue weighted by atomic mass is 16.5. The first-order valence-corrected chi connectivity index (χ1v) is 9.84. The fourth-order valence-electron chi connectivity index (χ4n) is 3.10. The van der Waals surface area contributed by atoms with E-state index in [-0.39, 0.29) is 30.9 Å². The van der Waals surface area contributed by atoms with E-state index in [9.17, 15) is 9.59 Å². The van der Waals surface area contributed by atoms with Gasteiger partial charge in [0.1, 0.15) is 5.75 Å². The lowest BCUT2D eigenvalue weighted by atomic mass is 9.97. The Morgan fingerprint density at radius 1 is 0.966 bits per heavy atom. The van der Waals surface area contributed by atoms with Crippen molar-refractivity contribution in [2.75, 3.05) is 32.6 Å². The van der Waals surface area contributed by atoms with Crippen LogP contribution in [-0.4, -0.2) is 44.0 Å². The molecule has 0 spiro atoms. The molecular formula is C23H31N3O3. The monoisotopic (exact) mass is 397 g/mol. The summed E-state index contributed by atoms with van der Waals surface area (Å²) in [4.78, 5) is 26.5. The van der Waals surface area contributed by atoms with E-state index in [1.54, 1.807) is 43.3 Å². The normalized spacial score (nSPS) is 11.9. The van der Waals surface area contributed by atoms with Gasteiger partial charge in [0.05, 0.1) is 26.2 Å². The zero-order valence-electron chi connectivity index (χ0n) is 17.6. The van der Waals surface area contributed by atoms with Gasteiger partial charge in [-0.1, -0.05) is 44.2 Å². The molecule has 0 heterocycles. The quantitative estimate of drug-likeness (QED) is 0.644. The second-order valence-electron chi connectivity index (χ2n) is 7.61. The summed E-state index contributed by atoms with van der Waals surface area (Å²) in [5.74, 6) is 0.908. The Morgan fingerprint density at radius 2 is 1.59 bits per heavy atom. The fraction of sp³-hybridized carbons (Fsp3) is 0.391. The van der Waals surface area contributed by atoms with Gasteiger partial charge in [0.25, 0.3) is 0 Å². The van der Waals surface area contributed by atoms with Crippen LogP contribution in [0.1, 0.15) is 31.9 Å². The Hall–Kier alpha value is -2.86. The molecule has 156 valence electrons. The molecule has 0 unspecified atom stereocenters. The number of carbonyl (C=O) groups excluding carboxylic acids is 2. The van der Waals surface area contributed by atoms with E-state index in [1.807, 2.05) is 30.3 Å². The number of hydrogen-bond acceptors (Lipinski definition) is 4. The van der Waals surface area contributed by atoms with E-state index >= 15 is 0 Å². The molecule has 2 aromatic rings. The van der Waals surface area contributed by atoms with Crippen LogP contribution in [-0.2, 0) is 9.59 Å². The molecule has 0 fully saturated rings. The predicted octanol–water partition coefficient (Wildman–Crippen LogP) is 3.47. The van der Waals surface area contributed by atoms with Crippen molar-refractivity contribution in [3.8, 4) is 5.75 Å². The molecule has 0 aliphatic carbocycles. The number of amides is 2. The van der Waals surface area contributed by atoms with Gasteiger partial charge in [-0.15, -0.1) is 0 Å². The Kier molecular flexibility index (Phi) is 8.68. The summed E-state index contributed by atoms with van der Waals surface area (Å²) in [5.41, 5.74) is 1.78. The van der Waals surface area contributed by atoms with Crippen molar-refractivity contribution in [3.63, 3.8) is 0 Å². The SMILES string of the molecule is COc1ccc(NC(=O)CN(C)CC(=O)N[C@@H](CC(C)C)c2ccccc2)cc1. The molecule has 0 aromatic heterocycles. The van der Waals surface area contributed by atoms with Gasteiger partial charge in [-0.05, 0) is 49.2 Å². The van der Waals surface area contributed by atoms with Gasteiger partial charge in [0.2, 0.25) is 11.8 Å². The molecule has 0 bridgehead atoms. The number of anilines is 1. The van der Waals surface area contributed by atoms with E-state index in [4.69, 9.17) is 4.74 Å². The van der Waals surface area contributed by atoms with Crippen LogP contribution in [0.15, 0.2) is 54.6 Å². The Morgan fingerprint density at radius 3 is 2.17 bits per heavy atom. The number of methoxy groups -OCH3 is 1. The zero-order valence-corrected chi connectivity index (χ0v) is 17.6. The first kappa shape index (κ1) is 22.4. The van der Waals surface area contributed by atoms with Crippen LogP contribution in [0.2, 0.25) is 0 Å². The predicted molar refractivity (Wildman–Crippen MR) is 116 cm³/mol. The van der Waals surface area contributed by atoms with E-state index < -0.39 is 0 Å². The molecule has 2 aromatic carbocycles. The summed E-state index contributed by atoms with van der Waals surface area (Å²) < 4.78 is 5.10. The minimum atomic E-state index is -0.174. The van der Waals surface area contributed by atoms with Gasteiger partial charge in [-0.2, -0.15) is 0 Å². The van der Waals surface area contributed by atoms with Crippen LogP contribution in [0.3, 0.4) is 0 Å².